The third kappa shape index (κ3) is 2.43. The molecule has 0 bridgehead atoms. The number of hydrogen-bond donors (Lipinski definition) is 2. The summed E-state index contributed by atoms with van der Waals surface area (Å²) in [5.74, 6) is 0.443. The average Bonchev–Trinajstić information content (AvgIpc) is 3.07. The van der Waals surface area contributed by atoms with E-state index in [4.69, 9.17) is 16.6 Å². The molecular formula is C20H10ClFN6. The number of nitriles is 1. The summed E-state index contributed by atoms with van der Waals surface area (Å²) in [7, 11) is 0. The molecule has 2 N–H and O–H groups in total. The maximum absolute atomic E-state index is 13.7. The van der Waals surface area contributed by atoms with Gasteiger partial charge in [0.2, 0.25) is 0 Å². The quantitative estimate of drug-likeness (QED) is 0.425. The van der Waals surface area contributed by atoms with Crippen LogP contribution in [0.1, 0.15) is 5.56 Å². The van der Waals surface area contributed by atoms with Crippen molar-refractivity contribution in [3.63, 3.8) is 0 Å². The molecule has 0 radical (unpaired) electrons. The van der Waals surface area contributed by atoms with Crippen LogP contribution in [-0.2, 0) is 0 Å². The van der Waals surface area contributed by atoms with Crippen molar-refractivity contribution in [3.05, 3.63) is 65.3 Å². The lowest BCUT2D eigenvalue weighted by atomic mass is 10.1. The molecule has 0 amide bonds. The Kier molecular flexibility index (Phi) is 3.60. The number of aromatic nitrogens is 4. The van der Waals surface area contributed by atoms with E-state index in [1.54, 1.807) is 18.6 Å². The van der Waals surface area contributed by atoms with Gasteiger partial charge in [-0.3, -0.25) is 4.98 Å². The van der Waals surface area contributed by atoms with Gasteiger partial charge in [-0.1, -0.05) is 11.6 Å². The second kappa shape index (κ2) is 6.15. The number of anilines is 2. The highest BCUT2D eigenvalue weighted by molar-refractivity contribution is 6.33. The Morgan fingerprint density at radius 2 is 2.04 bits per heavy atom. The third-order valence-electron chi connectivity index (χ3n) is 4.52. The molecular weight excluding hydrogens is 379 g/mol. The van der Waals surface area contributed by atoms with Crippen LogP contribution in [0.4, 0.5) is 15.9 Å². The molecule has 0 atom stereocenters. The van der Waals surface area contributed by atoms with Gasteiger partial charge in [0.1, 0.15) is 29.2 Å². The second-order valence-electron chi connectivity index (χ2n) is 6.18. The van der Waals surface area contributed by atoms with E-state index < -0.39 is 5.82 Å². The van der Waals surface area contributed by atoms with Crippen LogP contribution in [0.5, 0.6) is 0 Å². The Labute approximate surface area is 163 Å². The number of pyridine rings is 2. The smallest absolute Gasteiger partial charge is 0.141 e. The summed E-state index contributed by atoms with van der Waals surface area (Å²) in [6, 6.07) is 9.87. The second-order valence-corrected chi connectivity index (χ2v) is 6.58. The third-order valence-corrected chi connectivity index (χ3v) is 4.82. The molecule has 0 fully saturated rings. The first-order chi connectivity index (χ1) is 13.7. The van der Waals surface area contributed by atoms with Gasteiger partial charge >= 0.3 is 0 Å². The topological polar surface area (TPSA) is 90.3 Å². The predicted octanol–water partition coefficient (Wildman–Crippen LogP) is 4.92. The number of rotatable bonds is 1. The standard InChI is InChI=1S/C20H10ClFN6/c21-14-7-11(22)6-10(8-23)16(14)20-27-17-12-3-5-24-9-15(12)26-19-13(18(17)28-20)2-1-4-25-19/h1-7,9H,(H,25,26)(H,27,28). The number of hydrogen-bond acceptors (Lipinski definition) is 5. The summed E-state index contributed by atoms with van der Waals surface area (Å²) >= 11 is 6.26. The van der Waals surface area contributed by atoms with E-state index in [1.807, 2.05) is 24.3 Å². The fourth-order valence-electron chi connectivity index (χ4n) is 3.32. The van der Waals surface area contributed by atoms with Crippen molar-refractivity contribution in [1.29, 1.82) is 5.26 Å². The molecule has 0 aliphatic carbocycles. The van der Waals surface area contributed by atoms with E-state index in [9.17, 15) is 9.65 Å². The molecule has 3 aromatic heterocycles. The summed E-state index contributed by atoms with van der Waals surface area (Å²) in [5, 5.41) is 12.8. The van der Waals surface area contributed by atoms with Crippen LogP contribution in [-0.4, -0.2) is 19.9 Å². The molecule has 4 heterocycles. The molecule has 4 aromatic rings. The first-order valence-electron chi connectivity index (χ1n) is 8.32. The average molecular weight is 389 g/mol. The van der Waals surface area contributed by atoms with Crippen LogP contribution in [0, 0.1) is 17.1 Å². The minimum absolute atomic E-state index is 0.105. The maximum Gasteiger partial charge on any atom is 0.141 e. The Morgan fingerprint density at radius 1 is 1.14 bits per heavy atom. The number of imidazole rings is 1. The molecule has 1 aliphatic rings. The summed E-state index contributed by atoms with van der Waals surface area (Å²) in [6.07, 6.45) is 5.07. The number of halogens is 2. The van der Waals surface area contributed by atoms with Gasteiger partial charge in [-0.15, -0.1) is 0 Å². The van der Waals surface area contributed by atoms with Crippen molar-refractivity contribution in [1.82, 2.24) is 19.9 Å². The Hall–Kier alpha value is -3.76. The van der Waals surface area contributed by atoms with Crippen molar-refractivity contribution in [2.75, 3.05) is 5.32 Å². The number of fused-ring (bicyclic) bond motifs is 5. The summed E-state index contributed by atoms with van der Waals surface area (Å²) < 4.78 is 13.7. The molecule has 0 saturated heterocycles. The molecule has 134 valence electrons. The predicted molar refractivity (Wildman–Crippen MR) is 103 cm³/mol. The molecule has 5 rings (SSSR count). The highest BCUT2D eigenvalue weighted by atomic mass is 35.5. The van der Waals surface area contributed by atoms with Gasteiger partial charge in [-0.2, -0.15) is 5.26 Å². The molecule has 1 aliphatic heterocycles. The van der Waals surface area contributed by atoms with Crippen LogP contribution < -0.4 is 5.32 Å². The Bertz CT molecular complexity index is 1230. The summed E-state index contributed by atoms with van der Waals surface area (Å²) in [5.41, 5.74) is 4.24. The van der Waals surface area contributed by atoms with E-state index in [1.165, 1.54) is 6.07 Å². The SMILES string of the molecule is N#Cc1cc(F)cc(Cl)c1-c1nc2c([nH]1)-c1ccncc1Nc1ncccc1-2. The van der Waals surface area contributed by atoms with Crippen molar-refractivity contribution >= 4 is 23.1 Å². The first kappa shape index (κ1) is 16.4. The number of aromatic amines is 1. The number of nitrogens with zero attached hydrogens (tertiary/aromatic N) is 4. The zero-order valence-corrected chi connectivity index (χ0v) is 14.9. The lowest BCUT2D eigenvalue weighted by molar-refractivity contribution is 0.627. The Balaban J connectivity index is 1.83. The van der Waals surface area contributed by atoms with Gasteiger partial charge in [0.25, 0.3) is 0 Å². The van der Waals surface area contributed by atoms with Crippen molar-refractivity contribution in [2.24, 2.45) is 0 Å². The van der Waals surface area contributed by atoms with E-state index >= 15 is 0 Å². The summed E-state index contributed by atoms with van der Waals surface area (Å²) in [4.78, 5) is 16.5. The van der Waals surface area contributed by atoms with Crippen LogP contribution in [0.3, 0.4) is 0 Å². The zero-order valence-electron chi connectivity index (χ0n) is 14.2. The van der Waals surface area contributed by atoms with E-state index in [-0.39, 0.29) is 10.6 Å². The van der Waals surface area contributed by atoms with Gasteiger partial charge in [0, 0.05) is 23.5 Å². The lowest BCUT2D eigenvalue weighted by Gasteiger charge is -2.08. The summed E-state index contributed by atoms with van der Waals surface area (Å²) in [6.45, 7) is 0. The van der Waals surface area contributed by atoms with E-state index in [2.05, 4.69) is 20.3 Å². The van der Waals surface area contributed by atoms with Gasteiger partial charge in [-0.25, -0.2) is 14.4 Å². The van der Waals surface area contributed by atoms with Crippen molar-refractivity contribution in [2.45, 2.75) is 0 Å². The monoisotopic (exact) mass is 388 g/mol. The molecule has 1 aromatic carbocycles. The highest BCUT2D eigenvalue weighted by Crippen LogP contribution is 2.43. The highest BCUT2D eigenvalue weighted by Gasteiger charge is 2.25. The fourth-order valence-corrected chi connectivity index (χ4v) is 3.62. The number of nitrogens with one attached hydrogen (secondary N) is 2. The largest absolute Gasteiger partial charge is 0.338 e. The van der Waals surface area contributed by atoms with Gasteiger partial charge in [0.05, 0.1) is 33.7 Å². The lowest BCUT2D eigenvalue weighted by Crippen LogP contribution is -1.96. The molecule has 0 saturated carbocycles. The van der Waals surface area contributed by atoms with E-state index in [0.717, 1.165) is 28.6 Å². The molecule has 6 nitrogen and oxygen atoms in total. The molecule has 0 spiro atoms. The Morgan fingerprint density at radius 3 is 2.89 bits per heavy atom. The molecule has 0 unspecified atom stereocenters. The van der Waals surface area contributed by atoms with Gasteiger partial charge in [0.15, 0.2) is 0 Å². The van der Waals surface area contributed by atoms with Crippen LogP contribution in [0.25, 0.3) is 33.9 Å². The minimum Gasteiger partial charge on any atom is -0.338 e. The first-order valence-corrected chi connectivity index (χ1v) is 8.70. The fraction of sp³-hybridized carbons (Fsp3) is 0. The van der Waals surface area contributed by atoms with Crippen LogP contribution in [0.15, 0.2) is 48.9 Å². The minimum atomic E-state index is -0.575. The van der Waals surface area contributed by atoms with Crippen molar-refractivity contribution < 1.29 is 4.39 Å². The van der Waals surface area contributed by atoms with Crippen LogP contribution in [0.2, 0.25) is 5.02 Å². The van der Waals surface area contributed by atoms with Crippen molar-refractivity contribution in [3.8, 4) is 40.0 Å². The number of H-pyrrole nitrogens is 1. The maximum atomic E-state index is 13.7. The molecule has 8 heteroatoms. The van der Waals surface area contributed by atoms with E-state index in [0.29, 0.717) is 22.9 Å². The van der Waals surface area contributed by atoms with Gasteiger partial charge in [-0.05, 0) is 30.3 Å². The number of benzene rings is 1. The normalized spacial score (nSPS) is 11.5. The molecule has 28 heavy (non-hydrogen) atoms. The van der Waals surface area contributed by atoms with Gasteiger partial charge < -0.3 is 10.3 Å². The van der Waals surface area contributed by atoms with Crippen LogP contribution >= 0.6 is 11.6 Å². The zero-order chi connectivity index (χ0) is 19.3.